The first-order valence-electron chi connectivity index (χ1n) is 5.74. The van der Waals surface area contributed by atoms with Crippen molar-refractivity contribution in [2.24, 2.45) is 0 Å². The molecule has 0 aromatic heterocycles. The van der Waals surface area contributed by atoms with Gasteiger partial charge in [-0.15, -0.1) is 0 Å². The van der Waals surface area contributed by atoms with E-state index in [1.54, 1.807) is 13.0 Å². The molecule has 98 valence electrons. The third-order valence-corrected chi connectivity index (χ3v) is 3.43. The fourth-order valence-corrected chi connectivity index (χ4v) is 2.02. The highest BCUT2D eigenvalue weighted by atomic mass is 79.9. The van der Waals surface area contributed by atoms with Gasteiger partial charge in [-0.3, -0.25) is 0 Å². The van der Waals surface area contributed by atoms with E-state index in [1.165, 1.54) is 12.1 Å². The number of halogens is 2. The molecule has 2 aromatic rings. The van der Waals surface area contributed by atoms with Crippen LogP contribution in [-0.2, 0) is 11.3 Å². The Bertz CT molecular complexity index is 611. The average Bonchev–Trinajstić information content (AvgIpc) is 2.37. The molecule has 19 heavy (non-hydrogen) atoms. The summed E-state index contributed by atoms with van der Waals surface area (Å²) in [5, 5.41) is 0. The molecule has 0 aliphatic carbocycles. The van der Waals surface area contributed by atoms with E-state index in [2.05, 4.69) is 15.9 Å². The number of hydrogen-bond acceptors (Lipinski definition) is 2. The Morgan fingerprint density at radius 2 is 2.00 bits per heavy atom. The molecule has 0 aliphatic rings. The van der Waals surface area contributed by atoms with Crippen LogP contribution in [0.3, 0.4) is 0 Å². The van der Waals surface area contributed by atoms with Crippen LogP contribution in [-0.4, -0.2) is 5.97 Å². The van der Waals surface area contributed by atoms with E-state index in [0.29, 0.717) is 0 Å². The van der Waals surface area contributed by atoms with Crippen molar-refractivity contribution in [2.45, 2.75) is 13.5 Å². The normalized spacial score (nSPS) is 10.3. The Balaban J connectivity index is 2.08. The van der Waals surface area contributed by atoms with Crippen molar-refractivity contribution in [3.8, 4) is 0 Å². The van der Waals surface area contributed by atoms with Gasteiger partial charge >= 0.3 is 5.97 Å². The summed E-state index contributed by atoms with van der Waals surface area (Å²) in [6.07, 6.45) is 0. The van der Waals surface area contributed by atoms with E-state index in [4.69, 9.17) is 4.74 Å². The fraction of sp³-hybridized carbons (Fsp3) is 0.133. The molecular formula is C15H12BrFO2. The zero-order chi connectivity index (χ0) is 13.8. The number of benzene rings is 2. The second-order valence-electron chi connectivity index (χ2n) is 4.15. The van der Waals surface area contributed by atoms with Crippen LogP contribution in [0, 0.1) is 12.7 Å². The largest absolute Gasteiger partial charge is 0.457 e. The van der Waals surface area contributed by atoms with Crippen LogP contribution in [0.5, 0.6) is 0 Å². The van der Waals surface area contributed by atoms with Gasteiger partial charge in [0.1, 0.15) is 12.4 Å². The van der Waals surface area contributed by atoms with Gasteiger partial charge in [0.05, 0.1) is 5.56 Å². The summed E-state index contributed by atoms with van der Waals surface area (Å²) in [5.74, 6) is -1.22. The molecule has 0 amide bonds. The Labute approximate surface area is 119 Å². The predicted molar refractivity (Wildman–Crippen MR) is 74.4 cm³/mol. The van der Waals surface area contributed by atoms with Crippen LogP contribution < -0.4 is 0 Å². The SMILES string of the molecule is Cc1ccc(C(=O)OCc2ccccc2Br)c(F)c1. The lowest BCUT2D eigenvalue weighted by Crippen LogP contribution is -2.08. The molecule has 0 N–H and O–H groups in total. The summed E-state index contributed by atoms with van der Waals surface area (Å²) in [7, 11) is 0. The molecule has 2 nitrogen and oxygen atoms in total. The van der Waals surface area contributed by atoms with Crippen LogP contribution in [0.1, 0.15) is 21.5 Å². The van der Waals surface area contributed by atoms with Crippen molar-refractivity contribution in [1.29, 1.82) is 0 Å². The van der Waals surface area contributed by atoms with Crippen LogP contribution in [0.15, 0.2) is 46.9 Å². The number of esters is 1. The Hall–Kier alpha value is -1.68. The zero-order valence-electron chi connectivity index (χ0n) is 10.3. The first kappa shape index (κ1) is 13.7. The third kappa shape index (κ3) is 3.41. The monoisotopic (exact) mass is 322 g/mol. The minimum absolute atomic E-state index is 0.0438. The Morgan fingerprint density at radius 3 is 2.68 bits per heavy atom. The van der Waals surface area contributed by atoms with Gasteiger partial charge in [0, 0.05) is 10.0 Å². The first-order valence-corrected chi connectivity index (χ1v) is 6.54. The van der Waals surface area contributed by atoms with E-state index >= 15 is 0 Å². The molecule has 0 radical (unpaired) electrons. The van der Waals surface area contributed by atoms with E-state index < -0.39 is 11.8 Å². The van der Waals surface area contributed by atoms with Crippen LogP contribution in [0.25, 0.3) is 0 Å². The number of hydrogen-bond donors (Lipinski definition) is 0. The van der Waals surface area contributed by atoms with Gasteiger partial charge in [-0.2, -0.15) is 0 Å². The number of rotatable bonds is 3. The van der Waals surface area contributed by atoms with Gasteiger partial charge in [-0.25, -0.2) is 9.18 Å². The van der Waals surface area contributed by atoms with Crippen LogP contribution >= 0.6 is 15.9 Å². The van der Waals surface area contributed by atoms with Crippen LogP contribution in [0.4, 0.5) is 4.39 Å². The molecule has 0 fully saturated rings. The van der Waals surface area contributed by atoms with E-state index in [1.807, 2.05) is 24.3 Å². The number of carbonyl (C=O) groups is 1. The molecule has 0 bridgehead atoms. The molecule has 0 unspecified atom stereocenters. The third-order valence-electron chi connectivity index (χ3n) is 2.66. The Morgan fingerprint density at radius 1 is 1.26 bits per heavy atom. The Kier molecular flexibility index (Phi) is 4.32. The van der Waals surface area contributed by atoms with Crippen molar-refractivity contribution in [3.05, 3.63) is 69.4 Å². The van der Waals surface area contributed by atoms with Gasteiger partial charge in [0.25, 0.3) is 0 Å². The fourth-order valence-electron chi connectivity index (χ4n) is 1.62. The minimum atomic E-state index is -0.659. The number of carbonyl (C=O) groups excluding carboxylic acids is 1. The van der Waals surface area contributed by atoms with Crippen molar-refractivity contribution in [3.63, 3.8) is 0 Å². The highest BCUT2D eigenvalue weighted by Gasteiger charge is 2.13. The second-order valence-corrected chi connectivity index (χ2v) is 5.01. The minimum Gasteiger partial charge on any atom is -0.457 e. The van der Waals surface area contributed by atoms with Gasteiger partial charge in [-0.1, -0.05) is 40.2 Å². The zero-order valence-corrected chi connectivity index (χ0v) is 11.9. The number of ether oxygens (including phenoxy) is 1. The molecule has 0 saturated carbocycles. The highest BCUT2D eigenvalue weighted by molar-refractivity contribution is 9.10. The number of aryl methyl sites for hydroxylation is 1. The van der Waals surface area contributed by atoms with Crippen molar-refractivity contribution in [2.75, 3.05) is 0 Å². The van der Waals surface area contributed by atoms with Gasteiger partial charge < -0.3 is 4.74 Å². The molecule has 4 heteroatoms. The van der Waals surface area contributed by atoms with E-state index in [0.717, 1.165) is 15.6 Å². The lowest BCUT2D eigenvalue weighted by atomic mass is 10.1. The topological polar surface area (TPSA) is 26.3 Å². The molecule has 0 aliphatic heterocycles. The van der Waals surface area contributed by atoms with Crippen LogP contribution in [0.2, 0.25) is 0 Å². The second kappa shape index (κ2) is 5.97. The van der Waals surface area contributed by atoms with Crippen molar-refractivity contribution in [1.82, 2.24) is 0 Å². The van der Waals surface area contributed by atoms with Crippen molar-refractivity contribution >= 4 is 21.9 Å². The molecule has 0 saturated heterocycles. The standard InChI is InChI=1S/C15H12BrFO2/c1-10-6-7-12(14(17)8-10)15(18)19-9-11-4-2-3-5-13(11)16/h2-8H,9H2,1H3. The predicted octanol–water partition coefficient (Wildman–Crippen LogP) is 4.25. The summed E-state index contributed by atoms with van der Waals surface area (Å²) < 4.78 is 19.6. The summed E-state index contributed by atoms with van der Waals surface area (Å²) >= 11 is 3.36. The van der Waals surface area contributed by atoms with Gasteiger partial charge in [-0.05, 0) is 30.7 Å². The molecule has 0 heterocycles. The lowest BCUT2D eigenvalue weighted by molar-refractivity contribution is 0.0466. The smallest absolute Gasteiger partial charge is 0.341 e. The molecule has 2 aromatic carbocycles. The maximum Gasteiger partial charge on any atom is 0.341 e. The molecule has 0 spiro atoms. The summed E-state index contributed by atoms with van der Waals surface area (Å²) in [5.41, 5.74) is 1.56. The maximum atomic E-state index is 13.6. The maximum absolute atomic E-state index is 13.6. The van der Waals surface area contributed by atoms with Crippen molar-refractivity contribution < 1.29 is 13.9 Å². The summed E-state index contributed by atoms with van der Waals surface area (Å²) in [6, 6.07) is 11.8. The molecule has 2 rings (SSSR count). The lowest BCUT2D eigenvalue weighted by Gasteiger charge is -2.07. The molecular weight excluding hydrogens is 311 g/mol. The quantitative estimate of drug-likeness (QED) is 0.789. The van der Waals surface area contributed by atoms with E-state index in [-0.39, 0.29) is 12.2 Å². The van der Waals surface area contributed by atoms with Gasteiger partial charge in [0.15, 0.2) is 0 Å². The summed E-state index contributed by atoms with van der Waals surface area (Å²) in [4.78, 5) is 11.8. The van der Waals surface area contributed by atoms with Gasteiger partial charge in [0.2, 0.25) is 0 Å². The highest BCUT2D eigenvalue weighted by Crippen LogP contribution is 2.18. The summed E-state index contributed by atoms with van der Waals surface area (Å²) in [6.45, 7) is 1.87. The molecule has 0 atom stereocenters. The first-order chi connectivity index (χ1) is 9.08. The van der Waals surface area contributed by atoms with E-state index in [9.17, 15) is 9.18 Å². The average molecular weight is 323 g/mol.